The Hall–Kier alpha value is -1.61. The largest absolute Gasteiger partial charge is 0.337 e. The maximum atomic E-state index is 13.0. The lowest BCUT2D eigenvalue weighted by Crippen LogP contribution is -2.55. The molecule has 3 nitrogen and oxygen atoms in total. The van der Waals surface area contributed by atoms with E-state index < -0.39 is 0 Å². The molecule has 3 heteroatoms. The molecule has 1 atom stereocenters. The molecule has 4 rings (SSSR count). The third-order valence-electron chi connectivity index (χ3n) is 6.06. The molecule has 1 spiro atoms. The molecule has 1 aromatic carbocycles. The minimum Gasteiger partial charge on any atom is -0.337 e. The van der Waals surface area contributed by atoms with Crippen molar-refractivity contribution in [3.63, 3.8) is 0 Å². The van der Waals surface area contributed by atoms with Gasteiger partial charge in [-0.25, -0.2) is 0 Å². The van der Waals surface area contributed by atoms with Gasteiger partial charge in [0.25, 0.3) is 5.91 Å². The van der Waals surface area contributed by atoms with Crippen LogP contribution in [0.15, 0.2) is 24.3 Å². The van der Waals surface area contributed by atoms with E-state index in [0.717, 1.165) is 37.9 Å². The van der Waals surface area contributed by atoms with Gasteiger partial charge < -0.3 is 4.90 Å². The molecule has 1 aliphatic carbocycles. The van der Waals surface area contributed by atoms with Crippen LogP contribution < -0.4 is 0 Å². The normalized spacial score (nSPS) is 27.4. The first kappa shape index (κ1) is 14.9. The number of carbonyl (C=O) groups excluding carboxylic acids is 1. The number of benzene rings is 1. The van der Waals surface area contributed by atoms with Crippen molar-refractivity contribution in [2.75, 3.05) is 26.7 Å². The van der Waals surface area contributed by atoms with Gasteiger partial charge in [0.05, 0.1) is 0 Å². The van der Waals surface area contributed by atoms with Crippen LogP contribution >= 0.6 is 0 Å². The van der Waals surface area contributed by atoms with Crippen LogP contribution in [0.25, 0.3) is 6.08 Å². The van der Waals surface area contributed by atoms with Gasteiger partial charge in [0.15, 0.2) is 0 Å². The standard InChI is InChI=1S/C20H26N2O/c1-21-12-4-10-20(21)11-5-13-22(15-20)19(23)18-9-8-16-6-2-3-7-17(16)14-18/h2,6,8-9,14H,3-5,7,10-13,15H2,1H3. The fraction of sp³-hybridized carbons (Fsp3) is 0.550. The van der Waals surface area contributed by atoms with Crippen molar-refractivity contribution in [1.82, 2.24) is 9.80 Å². The third-order valence-corrected chi connectivity index (χ3v) is 6.06. The van der Waals surface area contributed by atoms with Gasteiger partial charge in [-0.05, 0) is 75.4 Å². The molecule has 23 heavy (non-hydrogen) atoms. The van der Waals surface area contributed by atoms with Crippen molar-refractivity contribution in [1.29, 1.82) is 0 Å². The van der Waals surface area contributed by atoms with E-state index in [4.69, 9.17) is 0 Å². The van der Waals surface area contributed by atoms with Crippen LogP contribution in [-0.2, 0) is 6.42 Å². The predicted octanol–water partition coefficient (Wildman–Crippen LogP) is 3.35. The van der Waals surface area contributed by atoms with Gasteiger partial charge in [0, 0.05) is 24.2 Å². The quantitative estimate of drug-likeness (QED) is 0.794. The molecule has 1 amide bonds. The molecule has 2 saturated heterocycles. The first-order valence-corrected chi connectivity index (χ1v) is 8.98. The first-order chi connectivity index (χ1) is 11.2. The Morgan fingerprint density at radius 1 is 1.17 bits per heavy atom. The molecular formula is C20H26N2O. The topological polar surface area (TPSA) is 23.6 Å². The zero-order valence-corrected chi connectivity index (χ0v) is 14.1. The zero-order valence-electron chi connectivity index (χ0n) is 14.1. The van der Waals surface area contributed by atoms with Crippen LogP contribution in [0.2, 0.25) is 0 Å². The van der Waals surface area contributed by atoms with E-state index in [1.165, 1.54) is 36.9 Å². The number of hydrogen-bond donors (Lipinski definition) is 0. The van der Waals surface area contributed by atoms with Gasteiger partial charge in [-0.2, -0.15) is 0 Å². The summed E-state index contributed by atoms with van der Waals surface area (Å²) < 4.78 is 0. The molecule has 0 aromatic heterocycles. The Morgan fingerprint density at radius 2 is 2.00 bits per heavy atom. The summed E-state index contributed by atoms with van der Waals surface area (Å²) in [5, 5.41) is 0. The number of piperidine rings is 1. The highest BCUT2D eigenvalue weighted by Crippen LogP contribution is 2.36. The Bertz CT molecular complexity index is 651. The molecule has 1 aromatic rings. The van der Waals surface area contributed by atoms with Crippen LogP contribution in [0.5, 0.6) is 0 Å². The number of likely N-dealkylation sites (N-methyl/N-ethyl adjacent to an activating group) is 1. The van der Waals surface area contributed by atoms with E-state index >= 15 is 0 Å². The number of amides is 1. The van der Waals surface area contributed by atoms with E-state index in [1.807, 2.05) is 6.07 Å². The molecular weight excluding hydrogens is 284 g/mol. The van der Waals surface area contributed by atoms with Crippen molar-refractivity contribution in [3.8, 4) is 0 Å². The van der Waals surface area contributed by atoms with Crippen LogP contribution in [0.4, 0.5) is 0 Å². The smallest absolute Gasteiger partial charge is 0.253 e. The number of carbonyl (C=O) groups is 1. The summed E-state index contributed by atoms with van der Waals surface area (Å²) in [4.78, 5) is 17.6. The summed E-state index contributed by atoms with van der Waals surface area (Å²) in [5.41, 5.74) is 3.71. The lowest BCUT2D eigenvalue weighted by Gasteiger charge is -2.44. The second-order valence-corrected chi connectivity index (χ2v) is 7.43. The summed E-state index contributed by atoms with van der Waals surface area (Å²) in [6.07, 6.45) is 11.4. The van der Waals surface area contributed by atoms with Gasteiger partial charge in [0.1, 0.15) is 0 Å². The van der Waals surface area contributed by atoms with Gasteiger partial charge in [-0.15, -0.1) is 0 Å². The van der Waals surface area contributed by atoms with Crippen molar-refractivity contribution < 1.29 is 4.79 Å². The van der Waals surface area contributed by atoms with E-state index in [1.54, 1.807) is 0 Å². The average Bonchev–Trinajstić information content (AvgIpc) is 2.93. The minimum absolute atomic E-state index is 0.224. The molecule has 3 aliphatic rings. The van der Waals surface area contributed by atoms with Crippen molar-refractivity contribution in [2.45, 2.75) is 44.1 Å². The molecule has 0 N–H and O–H groups in total. The summed E-state index contributed by atoms with van der Waals surface area (Å²) in [5.74, 6) is 0.224. The maximum absolute atomic E-state index is 13.0. The third kappa shape index (κ3) is 2.61. The number of rotatable bonds is 1. The minimum atomic E-state index is 0.224. The van der Waals surface area contributed by atoms with Crippen LogP contribution in [0, 0.1) is 0 Å². The van der Waals surface area contributed by atoms with Gasteiger partial charge in [0.2, 0.25) is 0 Å². The van der Waals surface area contributed by atoms with E-state index in [-0.39, 0.29) is 11.4 Å². The Balaban J connectivity index is 1.56. The van der Waals surface area contributed by atoms with Gasteiger partial charge in [-0.3, -0.25) is 9.69 Å². The number of likely N-dealkylation sites (tertiary alicyclic amines) is 2. The number of allylic oxidation sites excluding steroid dienone is 1. The molecule has 2 heterocycles. The summed E-state index contributed by atoms with van der Waals surface area (Å²) in [7, 11) is 2.23. The summed E-state index contributed by atoms with van der Waals surface area (Å²) >= 11 is 0. The van der Waals surface area contributed by atoms with Crippen molar-refractivity contribution >= 4 is 12.0 Å². The molecule has 0 bridgehead atoms. The summed E-state index contributed by atoms with van der Waals surface area (Å²) in [6.45, 7) is 2.98. The van der Waals surface area contributed by atoms with E-state index in [9.17, 15) is 4.79 Å². The number of nitrogens with zero attached hydrogens (tertiary/aromatic N) is 2. The van der Waals surface area contributed by atoms with Crippen LogP contribution in [0.1, 0.15) is 53.6 Å². The molecule has 2 fully saturated rings. The van der Waals surface area contributed by atoms with E-state index in [2.05, 4.69) is 41.1 Å². The Kier molecular flexibility index (Phi) is 3.76. The second-order valence-electron chi connectivity index (χ2n) is 7.43. The number of fused-ring (bicyclic) bond motifs is 1. The second kappa shape index (κ2) is 5.79. The molecule has 122 valence electrons. The lowest BCUT2D eigenvalue weighted by atomic mass is 9.86. The number of aryl methyl sites for hydroxylation is 1. The average molecular weight is 310 g/mol. The van der Waals surface area contributed by atoms with Crippen molar-refractivity contribution in [3.05, 3.63) is 41.0 Å². The fourth-order valence-corrected chi connectivity index (χ4v) is 4.62. The Labute approximate surface area is 139 Å². The molecule has 0 radical (unpaired) electrons. The highest BCUT2D eigenvalue weighted by molar-refractivity contribution is 5.95. The predicted molar refractivity (Wildman–Crippen MR) is 93.5 cm³/mol. The SMILES string of the molecule is CN1CCCC12CCCN(C(=O)c1ccc3c(c1)CCC=C3)C2. The van der Waals surface area contributed by atoms with Crippen LogP contribution in [0.3, 0.4) is 0 Å². The summed E-state index contributed by atoms with van der Waals surface area (Å²) in [6, 6.07) is 6.25. The highest BCUT2D eigenvalue weighted by atomic mass is 16.2. The molecule has 2 aliphatic heterocycles. The molecule has 0 saturated carbocycles. The maximum Gasteiger partial charge on any atom is 0.253 e. The monoisotopic (exact) mass is 310 g/mol. The number of hydrogen-bond acceptors (Lipinski definition) is 2. The van der Waals surface area contributed by atoms with Gasteiger partial charge in [-0.1, -0.05) is 18.2 Å². The lowest BCUT2D eigenvalue weighted by molar-refractivity contribution is 0.0412. The van der Waals surface area contributed by atoms with Crippen LogP contribution in [-0.4, -0.2) is 47.9 Å². The molecule has 1 unspecified atom stereocenters. The first-order valence-electron chi connectivity index (χ1n) is 8.98. The van der Waals surface area contributed by atoms with Gasteiger partial charge >= 0.3 is 0 Å². The highest BCUT2D eigenvalue weighted by Gasteiger charge is 2.43. The van der Waals surface area contributed by atoms with Crippen molar-refractivity contribution in [2.24, 2.45) is 0 Å². The fourth-order valence-electron chi connectivity index (χ4n) is 4.62. The zero-order chi connectivity index (χ0) is 15.9. The Morgan fingerprint density at radius 3 is 2.83 bits per heavy atom. The van der Waals surface area contributed by atoms with E-state index in [0.29, 0.717) is 0 Å².